The van der Waals surface area contributed by atoms with Gasteiger partial charge in [0.05, 0.1) is 6.04 Å². The molecule has 0 aliphatic heterocycles. The van der Waals surface area contributed by atoms with Crippen molar-refractivity contribution in [1.82, 2.24) is 20.9 Å². The third-order valence-corrected chi connectivity index (χ3v) is 6.64. The van der Waals surface area contributed by atoms with E-state index in [1.54, 1.807) is 6.20 Å². The first-order valence-corrected chi connectivity index (χ1v) is 13.8. The average Bonchev–Trinajstić information content (AvgIpc) is 3.32. The van der Waals surface area contributed by atoms with Gasteiger partial charge in [0.15, 0.2) is 0 Å². The zero-order valence-electron chi connectivity index (χ0n) is 23.5. The number of carboxylic acids is 2. The molecule has 0 unspecified atom stereocenters. The molecule has 1 heterocycles. The molecular weight excluding hydrogens is 532 g/mol. The Morgan fingerprint density at radius 2 is 1.51 bits per heavy atom. The van der Waals surface area contributed by atoms with E-state index in [4.69, 9.17) is 16.6 Å². The zero-order chi connectivity index (χ0) is 30.5. The predicted octanol–water partition coefficient (Wildman–Crippen LogP) is 0.617. The van der Waals surface area contributed by atoms with Gasteiger partial charge in [0.2, 0.25) is 17.7 Å². The minimum atomic E-state index is -1.45. The number of carboxylic acid groups (broad SMARTS) is 2. The van der Waals surface area contributed by atoms with Crippen LogP contribution >= 0.6 is 0 Å². The molecular formula is C28H42N6O7. The fraction of sp³-hybridized carbons (Fsp3) is 0.536. The predicted molar refractivity (Wildman–Crippen MR) is 153 cm³/mol. The molecule has 41 heavy (non-hydrogen) atoms. The first-order valence-electron chi connectivity index (χ1n) is 13.8. The lowest BCUT2D eigenvalue weighted by atomic mass is 10.00. The van der Waals surface area contributed by atoms with E-state index in [2.05, 4.69) is 20.9 Å². The smallest absolute Gasteiger partial charge is 0.326 e. The van der Waals surface area contributed by atoms with Crippen LogP contribution in [0, 0.1) is 5.92 Å². The van der Waals surface area contributed by atoms with Crippen LogP contribution in [0.15, 0.2) is 30.5 Å². The molecule has 1 aromatic carbocycles. The van der Waals surface area contributed by atoms with Gasteiger partial charge in [0, 0.05) is 29.9 Å². The van der Waals surface area contributed by atoms with Crippen molar-refractivity contribution in [2.75, 3.05) is 6.54 Å². The van der Waals surface area contributed by atoms with E-state index >= 15 is 0 Å². The quantitative estimate of drug-likeness (QED) is 0.116. The Morgan fingerprint density at radius 1 is 0.878 bits per heavy atom. The highest BCUT2D eigenvalue weighted by molar-refractivity contribution is 5.95. The highest BCUT2D eigenvalue weighted by atomic mass is 16.4. The standard InChI is InChI=1S/C28H42N6O7/c1-16(2)13-22(26(38)32-21(28(40)41)10-11-24(35)36)34-27(39)23(33-25(37)19(30)8-5-6-12-29)14-17-15-31-20-9-4-3-7-18(17)20/h3-4,7,9,15-16,19,21-23,31H,5-6,8,10-14,29-30H2,1-2H3,(H,32,38)(H,33,37)(H,34,39)(H,35,36)(H,40,41)/t19-,21-,22-,23-/m0/s1. The van der Waals surface area contributed by atoms with Gasteiger partial charge in [-0.2, -0.15) is 0 Å². The summed E-state index contributed by atoms with van der Waals surface area (Å²) in [6.07, 6.45) is 2.98. The number of unbranched alkanes of at least 4 members (excludes halogenated alkanes) is 1. The van der Waals surface area contributed by atoms with Crippen molar-refractivity contribution in [2.24, 2.45) is 17.4 Å². The van der Waals surface area contributed by atoms with Crippen LogP contribution in [0.3, 0.4) is 0 Å². The van der Waals surface area contributed by atoms with Gasteiger partial charge >= 0.3 is 11.9 Å². The van der Waals surface area contributed by atoms with Gasteiger partial charge in [-0.25, -0.2) is 4.79 Å². The summed E-state index contributed by atoms with van der Waals surface area (Å²) in [6.45, 7) is 4.13. The Bertz CT molecular complexity index is 1200. The Balaban J connectivity index is 2.27. The molecule has 10 N–H and O–H groups in total. The lowest BCUT2D eigenvalue weighted by Crippen LogP contribution is -2.57. The molecule has 0 fully saturated rings. The number of aliphatic carboxylic acids is 2. The van der Waals surface area contributed by atoms with E-state index in [1.165, 1.54) is 0 Å². The van der Waals surface area contributed by atoms with Crippen molar-refractivity contribution in [3.63, 3.8) is 0 Å². The number of nitrogens with one attached hydrogen (secondary N) is 4. The first kappa shape index (κ1) is 33.2. The van der Waals surface area contributed by atoms with Gasteiger partial charge < -0.3 is 42.6 Å². The summed E-state index contributed by atoms with van der Waals surface area (Å²) in [5.41, 5.74) is 13.2. The molecule has 0 aliphatic carbocycles. The highest BCUT2D eigenvalue weighted by Crippen LogP contribution is 2.19. The van der Waals surface area contributed by atoms with Crippen LogP contribution in [-0.4, -0.2) is 75.6 Å². The number of fused-ring (bicyclic) bond motifs is 1. The number of benzene rings is 1. The maximum absolute atomic E-state index is 13.6. The van der Waals surface area contributed by atoms with Gasteiger partial charge in [-0.1, -0.05) is 38.5 Å². The van der Waals surface area contributed by atoms with E-state index in [9.17, 15) is 29.1 Å². The summed E-state index contributed by atoms with van der Waals surface area (Å²) in [7, 11) is 0. The van der Waals surface area contributed by atoms with E-state index in [-0.39, 0.29) is 25.2 Å². The lowest BCUT2D eigenvalue weighted by molar-refractivity contribution is -0.143. The molecule has 13 heteroatoms. The number of rotatable bonds is 18. The van der Waals surface area contributed by atoms with Crippen molar-refractivity contribution in [3.05, 3.63) is 36.0 Å². The second kappa shape index (κ2) is 16.3. The van der Waals surface area contributed by atoms with Crippen molar-refractivity contribution in [3.8, 4) is 0 Å². The van der Waals surface area contributed by atoms with Crippen molar-refractivity contribution >= 4 is 40.6 Å². The minimum absolute atomic E-state index is 0.0639. The number of hydrogen-bond acceptors (Lipinski definition) is 7. The number of para-hydroxylation sites is 1. The van der Waals surface area contributed by atoms with Gasteiger partial charge in [-0.3, -0.25) is 19.2 Å². The van der Waals surface area contributed by atoms with Gasteiger partial charge in [-0.15, -0.1) is 0 Å². The van der Waals surface area contributed by atoms with Crippen LogP contribution in [0.2, 0.25) is 0 Å². The molecule has 0 bridgehead atoms. The van der Waals surface area contributed by atoms with E-state index < -0.39 is 60.2 Å². The van der Waals surface area contributed by atoms with Crippen molar-refractivity contribution in [2.45, 2.75) is 83.0 Å². The second-order valence-corrected chi connectivity index (χ2v) is 10.5. The van der Waals surface area contributed by atoms with Crippen LogP contribution in [-0.2, 0) is 30.4 Å². The monoisotopic (exact) mass is 574 g/mol. The number of amides is 3. The van der Waals surface area contributed by atoms with Crippen LogP contribution in [0.1, 0.15) is 57.9 Å². The highest BCUT2D eigenvalue weighted by Gasteiger charge is 2.31. The summed E-state index contributed by atoms with van der Waals surface area (Å²) in [4.78, 5) is 65.3. The molecule has 0 aliphatic rings. The summed E-state index contributed by atoms with van der Waals surface area (Å²) >= 11 is 0. The molecule has 0 saturated heterocycles. The number of nitrogens with two attached hydrogens (primary N) is 2. The molecule has 13 nitrogen and oxygen atoms in total. The summed E-state index contributed by atoms with van der Waals surface area (Å²) < 4.78 is 0. The molecule has 2 aromatic rings. The van der Waals surface area contributed by atoms with Crippen molar-refractivity contribution in [1.29, 1.82) is 0 Å². The van der Waals surface area contributed by atoms with E-state index in [0.717, 1.165) is 16.5 Å². The molecule has 0 saturated carbocycles. The van der Waals surface area contributed by atoms with Crippen molar-refractivity contribution < 1.29 is 34.2 Å². The van der Waals surface area contributed by atoms with E-state index in [0.29, 0.717) is 25.8 Å². The Labute approximate surface area is 238 Å². The molecule has 3 amide bonds. The number of carbonyl (C=O) groups is 5. The summed E-state index contributed by atoms with van der Waals surface area (Å²) in [5, 5.41) is 27.0. The largest absolute Gasteiger partial charge is 0.481 e. The lowest BCUT2D eigenvalue weighted by Gasteiger charge is -2.26. The maximum Gasteiger partial charge on any atom is 0.326 e. The van der Waals surface area contributed by atoms with Crippen LogP contribution in [0.5, 0.6) is 0 Å². The number of hydrogen-bond donors (Lipinski definition) is 8. The fourth-order valence-electron chi connectivity index (χ4n) is 4.42. The SMILES string of the molecule is CC(C)C[C@H](NC(=O)[C@H](Cc1c[nH]c2ccccc12)NC(=O)[C@@H](N)CCCCN)C(=O)N[C@@H](CCC(=O)O)C(=O)O. The number of H-pyrrole nitrogens is 1. The topological polar surface area (TPSA) is 230 Å². The molecule has 2 rings (SSSR count). The number of carbonyl (C=O) groups excluding carboxylic acids is 3. The Morgan fingerprint density at radius 3 is 2.15 bits per heavy atom. The van der Waals surface area contributed by atoms with Gasteiger partial charge in [0.25, 0.3) is 0 Å². The van der Waals surface area contributed by atoms with Gasteiger partial charge in [-0.05, 0) is 49.8 Å². The van der Waals surface area contributed by atoms with Gasteiger partial charge in [0.1, 0.15) is 18.1 Å². The maximum atomic E-state index is 13.6. The average molecular weight is 575 g/mol. The molecule has 226 valence electrons. The molecule has 4 atom stereocenters. The third-order valence-electron chi connectivity index (χ3n) is 6.64. The molecule has 0 spiro atoms. The third kappa shape index (κ3) is 10.8. The van der Waals surface area contributed by atoms with E-state index in [1.807, 2.05) is 38.1 Å². The minimum Gasteiger partial charge on any atom is -0.481 e. The zero-order valence-corrected chi connectivity index (χ0v) is 23.5. The summed E-state index contributed by atoms with van der Waals surface area (Å²) in [5.74, 6) is -4.58. The van der Waals surface area contributed by atoms with Crippen LogP contribution in [0.4, 0.5) is 0 Å². The molecule has 0 radical (unpaired) electrons. The Hall–Kier alpha value is -3.97. The summed E-state index contributed by atoms with van der Waals surface area (Å²) in [6, 6.07) is 2.96. The first-order chi connectivity index (χ1) is 19.4. The molecule has 1 aromatic heterocycles. The van der Waals surface area contributed by atoms with Crippen LogP contribution in [0.25, 0.3) is 10.9 Å². The second-order valence-electron chi connectivity index (χ2n) is 10.5. The number of aromatic amines is 1. The number of aromatic nitrogens is 1. The normalized spacial score (nSPS) is 14.2. The fourth-order valence-corrected chi connectivity index (χ4v) is 4.42. The Kier molecular flexibility index (Phi) is 13.2. The van der Waals surface area contributed by atoms with Crippen LogP contribution < -0.4 is 27.4 Å².